The molecule has 1 heterocycles. The lowest BCUT2D eigenvalue weighted by molar-refractivity contribution is -0.143. The Morgan fingerprint density at radius 2 is 1.74 bits per heavy atom. The number of rotatable bonds is 8. The molecule has 0 fully saturated rings. The molecule has 2 N–H and O–H groups in total. The Labute approximate surface area is 155 Å². The molecule has 2 rings (SSSR count). The number of aliphatic carboxylic acids is 1. The van der Waals surface area contributed by atoms with Crippen LogP contribution >= 0.6 is 0 Å². The minimum absolute atomic E-state index is 0.00559. The number of hydrogen-bond donors (Lipinski definition) is 2. The van der Waals surface area contributed by atoms with Crippen LogP contribution in [0, 0.1) is 17.6 Å². The van der Waals surface area contributed by atoms with E-state index in [0.717, 1.165) is 23.1 Å². The van der Waals surface area contributed by atoms with Crippen LogP contribution in [0.3, 0.4) is 0 Å². The van der Waals surface area contributed by atoms with Crippen LogP contribution in [0.4, 0.5) is 13.6 Å². The Morgan fingerprint density at radius 3 is 2.26 bits per heavy atom. The average molecular weight is 381 g/mol. The predicted molar refractivity (Wildman–Crippen MR) is 93.4 cm³/mol. The minimum atomic E-state index is -1.33. The zero-order valence-corrected chi connectivity index (χ0v) is 15.0. The molecule has 0 aliphatic carbocycles. The molecule has 0 saturated carbocycles. The third kappa shape index (κ3) is 5.54. The summed E-state index contributed by atoms with van der Waals surface area (Å²) in [5.41, 5.74) is 0.220. The van der Waals surface area contributed by atoms with Gasteiger partial charge in [0.1, 0.15) is 29.2 Å². The summed E-state index contributed by atoms with van der Waals surface area (Å²) >= 11 is 0. The van der Waals surface area contributed by atoms with Gasteiger partial charge in [0, 0.05) is 24.6 Å². The first-order chi connectivity index (χ1) is 12.7. The molecule has 1 unspecified atom stereocenters. The van der Waals surface area contributed by atoms with Crippen molar-refractivity contribution < 1.29 is 33.0 Å². The van der Waals surface area contributed by atoms with E-state index in [1.165, 1.54) is 6.07 Å². The number of furan rings is 1. The summed E-state index contributed by atoms with van der Waals surface area (Å²) in [6.07, 6.45) is -1.01. The molecule has 0 saturated heterocycles. The molecule has 0 aliphatic rings. The van der Waals surface area contributed by atoms with Crippen molar-refractivity contribution in [1.29, 1.82) is 0 Å². The summed E-state index contributed by atoms with van der Waals surface area (Å²) in [5.74, 6) is -2.06. The van der Waals surface area contributed by atoms with Crippen molar-refractivity contribution in [3.63, 3.8) is 0 Å². The monoisotopic (exact) mass is 381 g/mol. The molecule has 1 aromatic carbocycles. The molecular formula is C19H21F2NO5. The SMILES string of the molecule is CC(C)CC(C(=O)O)N(CCc1ccc(-c2cc(F)cc(F)c2)o1)C(=O)O. The number of benzene rings is 1. The maximum Gasteiger partial charge on any atom is 0.408 e. The van der Waals surface area contributed by atoms with Gasteiger partial charge in [-0.05, 0) is 36.6 Å². The summed E-state index contributed by atoms with van der Waals surface area (Å²) in [7, 11) is 0. The zero-order chi connectivity index (χ0) is 20.1. The fourth-order valence-corrected chi connectivity index (χ4v) is 2.79. The van der Waals surface area contributed by atoms with Crippen molar-refractivity contribution in [2.75, 3.05) is 6.54 Å². The van der Waals surface area contributed by atoms with Gasteiger partial charge in [0.05, 0.1) is 0 Å². The molecule has 0 radical (unpaired) electrons. The van der Waals surface area contributed by atoms with Crippen LogP contribution in [0.1, 0.15) is 26.0 Å². The van der Waals surface area contributed by atoms with Crippen LogP contribution in [0.5, 0.6) is 0 Å². The summed E-state index contributed by atoms with van der Waals surface area (Å²) in [6.45, 7) is 3.54. The van der Waals surface area contributed by atoms with Crippen molar-refractivity contribution in [2.45, 2.75) is 32.7 Å². The van der Waals surface area contributed by atoms with Crippen LogP contribution < -0.4 is 0 Å². The van der Waals surface area contributed by atoms with Gasteiger partial charge in [-0.15, -0.1) is 0 Å². The van der Waals surface area contributed by atoms with Gasteiger partial charge in [-0.1, -0.05) is 13.8 Å². The molecule has 146 valence electrons. The summed E-state index contributed by atoms with van der Waals surface area (Å²) in [5, 5.41) is 18.7. The lowest BCUT2D eigenvalue weighted by Gasteiger charge is -2.27. The molecule has 1 aromatic heterocycles. The van der Waals surface area contributed by atoms with E-state index in [0.29, 0.717) is 5.76 Å². The highest BCUT2D eigenvalue weighted by atomic mass is 19.1. The number of halogens is 2. The molecule has 27 heavy (non-hydrogen) atoms. The van der Waals surface area contributed by atoms with E-state index >= 15 is 0 Å². The van der Waals surface area contributed by atoms with Gasteiger partial charge in [-0.3, -0.25) is 4.90 Å². The Hall–Kier alpha value is -2.90. The van der Waals surface area contributed by atoms with Gasteiger partial charge in [-0.2, -0.15) is 0 Å². The van der Waals surface area contributed by atoms with E-state index in [9.17, 15) is 28.6 Å². The van der Waals surface area contributed by atoms with Gasteiger partial charge < -0.3 is 14.6 Å². The van der Waals surface area contributed by atoms with Crippen LogP contribution in [-0.2, 0) is 11.2 Å². The number of amides is 1. The lowest BCUT2D eigenvalue weighted by Crippen LogP contribution is -2.46. The molecule has 0 bridgehead atoms. The molecule has 2 aromatic rings. The Balaban J connectivity index is 2.13. The van der Waals surface area contributed by atoms with E-state index in [1.54, 1.807) is 6.07 Å². The second kappa shape index (κ2) is 8.66. The normalized spacial score (nSPS) is 12.2. The number of hydrogen-bond acceptors (Lipinski definition) is 3. The van der Waals surface area contributed by atoms with Crippen LogP contribution in [-0.4, -0.2) is 39.8 Å². The van der Waals surface area contributed by atoms with E-state index in [-0.39, 0.29) is 36.6 Å². The topological polar surface area (TPSA) is 91.0 Å². The van der Waals surface area contributed by atoms with Crippen LogP contribution in [0.15, 0.2) is 34.7 Å². The highest BCUT2D eigenvalue weighted by Gasteiger charge is 2.30. The van der Waals surface area contributed by atoms with Gasteiger partial charge in [0.2, 0.25) is 0 Å². The van der Waals surface area contributed by atoms with E-state index in [4.69, 9.17) is 4.42 Å². The van der Waals surface area contributed by atoms with Crippen LogP contribution in [0.2, 0.25) is 0 Å². The second-order valence-corrected chi connectivity index (χ2v) is 6.63. The van der Waals surface area contributed by atoms with Crippen molar-refractivity contribution in [1.82, 2.24) is 4.90 Å². The minimum Gasteiger partial charge on any atom is -0.480 e. The quantitative estimate of drug-likeness (QED) is 0.713. The number of carboxylic acids is 1. The predicted octanol–water partition coefficient (Wildman–Crippen LogP) is 4.25. The van der Waals surface area contributed by atoms with Crippen molar-refractivity contribution in [3.8, 4) is 11.3 Å². The third-order valence-electron chi connectivity index (χ3n) is 4.01. The smallest absolute Gasteiger partial charge is 0.408 e. The fraction of sp³-hybridized carbons (Fsp3) is 0.368. The zero-order valence-electron chi connectivity index (χ0n) is 15.0. The van der Waals surface area contributed by atoms with Crippen molar-refractivity contribution in [3.05, 3.63) is 47.7 Å². The molecule has 6 nitrogen and oxygen atoms in total. The second-order valence-electron chi connectivity index (χ2n) is 6.63. The summed E-state index contributed by atoms with van der Waals surface area (Å²) in [4.78, 5) is 23.8. The Kier molecular flexibility index (Phi) is 6.55. The van der Waals surface area contributed by atoms with Crippen LogP contribution in [0.25, 0.3) is 11.3 Å². The van der Waals surface area contributed by atoms with E-state index < -0.39 is 29.7 Å². The van der Waals surface area contributed by atoms with Crippen molar-refractivity contribution >= 4 is 12.1 Å². The summed E-state index contributed by atoms with van der Waals surface area (Å²) in [6, 6.07) is 4.93. The first-order valence-corrected chi connectivity index (χ1v) is 8.45. The van der Waals surface area contributed by atoms with Gasteiger partial charge in [0.25, 0.3) is 0 Å². The average Bonchev–Trinajstić information content (AvgIpc) is 3.01. The van der Waals surface area contributed by atoms with Gasteiger partial charge in [0.15, 0.2) is 0 Å². The Morgan fingerprint density at radius 1 is 1.11 bits per heavy atom. The van der Waals surface area contributed by atoms with Gasteiger partial charge in [-0.25, -0.2) is 18.4 Å². The number of carboxylic acid groups (broad SMARTS) is 2. The molecule has 1 amide bonds. The molecule has 0 aliphatic heterocycles. The first kappa shape index (κ1) is 20.4. The first-order valence-electron chi connectivity index (χ1n) is 8.45. The van der Waals surface area contributed by atoms with Crippen molar-refractivity contribution in [2.24, 2.45) is 5.92 Å². The van der Waals surface area contributed by atoms with E-state index in [1.807, 2.05) is 13.8 Å². The fourth-order valence-electron chi connectivity index (χ4n) is 2.79. The largest absolute Gasteiger partial charge is 0.480 e. The highest BCUT2D eigenvalue weighted by Crippen LogP contribution is 2.24. The molecule has 0 spiro atoms. The Bertz CT molecular complexity index is 798. The maximum atomic E-state index is 13.3. The van der Waals surface area contributed by atoms with E-state index in [2.05, 4.69) is 0 Å². The lowest BCUT2D eigenvalue weighted by atomic mass is 10.0. The highest BCUT2D eigenvalue weighted by molar-refractivity contribution is 5.79. The molecular weight excluding hydrogens is 360 g/mol. The third-order valence-corrected chi connectivity index (χ3v) is 4.01. The van der Waals surface area contributed by atoms with Gasteiger partial charge >= 0.3 is 12.1 Å². The molecule has 8 heteroatoms. The maximum absolute atomic E-state index is 13.3. The molecule has 1 atom stereocenters. The number of carbonyl (C=O) groups is 2. The standard InChI is InChI=1S/C19H21F2NO5/c1-11(2)7-16(18(23)24)22(19(25)26)6-5-15-3-4-17(27-15)12-8-13(20)10-14(21)9-12/h3-4,8-11,16H,5-7H2,1-2H3,(H,23,24)(H,25,26). The number of nitrogens with zero attached hydrogens (tertiary/aromatic N) is 1. The summed E-state index contributed by atoms with van der Waals surface area (Å²) < 4.78 is 32.2.